The van der Waals surface area contributed by atoms with Gasteiger partial charge in [0.1, 0.15) is 5.78 Å². The number of amides is 2. The van der Waals surface area contributed by atoms with Crippen LogP contribution in [-0.4, -0.2) is 25.4 Å². The van der Waals surface area contributed by atoms with E-state index < -0.39 is 0 Å². The van der Waals surface area contributed by atoms with Crippen LogP contribution in [0.1, 0.15) is 45.4 Å². The molecule has 0 aromatic carbocycles. The van der Waals surface area contributed by atoms with Crippen molar-refractivity contribution in [1.82, 2.24) is 10.6 Å². The summed E-state index contributed by atoms with van der Waals surface area (Å²) < 4.78 is 0. The van der Waals surface area contributed by atoms with Crippen LogP contribution < -0.4 is 10.6 Å². The Balaban J connectivity index is 3.11. The molecule has 0 aliphatic heterocycles. The number of Topliss-reactive ketones (excluding diaryl/α,β-unsaturated/α-hetero) is 1. The molecule has 4 heteroatoms. The van der Waals surface area contributed by atoms with Gasteiger partial charge in [0.2, 0.25) is 0 Å². The molecule has 0 spiro atoms. The maximum absolute atomic E-state index is 11.0. The van der Waals surface area contributed by atoms with Crippen LogP contribution in [0.2, 0.25) is 0 Å². The Morgan fingerprint density at radius 2 is 1.73 bits per heavy atom. The normalized spacial score (nSPS) is 9.73. The summed E-state index contributed by atoms with van der Waals surface area (Å²) in [6.45, 7) is 2.61. The lowest BCUT2D eigenvalue weighted by Gasteiger charge is -2.03. The molecule has 0 saturated heterocycles. The van der Waals surface area contributed by atoms with Gasteiger partial charge in [-0.3, -0.25) is 4.79 Å². The first-order valence-electron chi connectivity index (χ1n) is 5.68. The number of carbonyl (C=O) groups is 2. The van der Waals surface area contributed by atoms with Gasteiger partial charge in [-0.15, -0.1) is 0 Å². The first-order chi connectivity index (χ1) is 7.20. The fourth-order valence-corrected chi connectivity index (χ4v) is 1.27. The van der Waals surface area contributed by atoms with Gasteiger partial charge in [-0.05, 0) is 12.8 Å². The van der Waals surface area contributed by atoms with Crippen LogP contribution in [0.5, 0.6) is 0 Å². The number of ketones is 1. The molecule has 0 atom stereocenters. The Morgan fingerprint density at radius 1 is 1.07 bits per heavy atom. The molecule has 2 amide bonds. The highest BCUT2D eigenvalue weighted by atomic mass is 16.2. The van der Waals surface area contributed by atoms with Gasteiger partial charge in [-0.1, -0.05) is 19.8 Å². The van der Waals surface area contributed by atoms with E-state index in [2.05, 4.69) is 10.6 Å². The lowest BCUT2D eigenvalue weighted by Crippen LogP contribution is -2.33. The summed E-state index contributed by atoms with van der Waals surface area (Å²) in [5, 5.41) is 5.22. The zero-order valence-electron chi connectivity index (χ0n) is 9.77. The summed E-state index contributed by atoms with van der Waals surface area (Å²) >= 11 is 0. The quantitative estimate of drug-likeness (QED) is 0.606. The van der Waals surface area contributed by atoms with Gasteiger partial charge in [0, 0.05) is 26.4 Å². The van der Waals surface area contributed by atoms with Gasteiger partial charge in [0.25, 0.3) is 0 Å². The van der Waals surface area contributed by atoms with E-state index in [9.17, 15) is 9.59 Å². The first kappa shape index (κ1) is 13.9. The van der Waals surface area contributed by atoms with E-state index in [-0.39, 0.29) is 6.03 Å². The average Bonchev–Trinajstić information content (AvgIpc) is 2.26. The standard InChI is InChI=1S/C11H22N2O2/c1-3-10(14)8-6-4-5-7-9-13-11(15)12-2/h3-9H2,1-2H3,(H2,12,13,15). The summed E-state index contributed by atoms with van der Waals surface area (Å²) in [4.78, 5) is 21.7. The molecule has 0 aliphatic carbocycles. The molecule has 4 nitrogen and oxygen atoms in total. The number of urea groups is 1. The van der Waals surface area contributed by atoms with Gasteiger partial charge in [-0.25, -0.2) is 4.79 Å². The number of nitrogens with one attached hydrogen (secondary N) is 2. The van der Waals surface area contributed by atoms with Crippen molar-refractivity contribution in [2.75, 3.05) is 13.6 Å². The second kappa shape index (κ2) is 9.49. The number of unbranched alkanes of at least 4 members (excludes halogenated alkanes) is 3. The van der Waals surface area contributed by atoms with E-state index in [1.165, 1.54) is 0 Å². The minimum absolute atomic E-state index is 0.129. The van der Waals surface area contributed by atoms with Crippen LogP contribution in [0.4, 0.5) is 4.79 Å². The first-order valence-corrected chi connectivity index (χ1v) is 5.68. The van der Waals surface area contributed by atoms with E-state index in [4.69, 9.17) is 0 Å². The molecular formula is C11H22N2O2. The van der Waals surface area contributed by atoms with Crippen molar-refractivity contribution in [3.05, 3.63) is 0 Å². The molecule has 0 aromatic heterocycles. The number of rotatable bonds is 8. The fourth-order valence-electron chi connectivity index (χ4n) is 1.27. The third-order valence-corrected chi connectivity index (χ3v) is 2.29. The Hall–Kier alpha value is -1.06. The molecule has 0 aliphatic rings. The summed E-state index contributed by atoms with van der Waals surface area (Å²) in [5.41, 5.74) is 0. The van der Waals surface area contributed by atoms with Crippen molar-refractivity contribution in [3.63, 3.8) is 0 Å². The van der Waals surface area contributed by atoms with E-state index in [1.54, 1.807) is 7.05 Å². The number of hydrogen-bond donors (Lipinski definition) is 2. The van der Waals surface area contributed by atoms with Crippen molar-refractivity contribution in [3.8, 4) is 0 Å². The predicted octanol–water partition coefficient (Wildman–Crippen LogP) is 1.84. The Morgan fingerprint density at radius 3 is 2.33 bits per heavy atom. The van der Waals surface area contributed by atoms with Gasteiger partial charge in [0.15, 0.2) is 0 Å². The van der Waals surface area contributed by atoms with Crippen LogP contribution in [0, 0.1) is 0 Å². The van der Waals surface area contributed by atoms with Crippen LogP contribution in [0.3, 0.4) is 0 Å². The second-order valence-electron chi connectivity index (χ2n) is 3.56. The van der Waals surface area contributed by atoms with Gasteiger partial charge >= 0.3 is 6.03 Å². The topological polar surface area (TPSA) is 58.2 Å². The lowest BCUT2D eigenvalue weighted by molar-refractivity contribution is -0.118. The van der Waals surface area contributed by atoms with Gasteiger partial charge < -0.3 is 10.6 Å². The summed E-state index contributed by atoms with van der Waals surface area (Å²) in [6, 6.07) is -0.129. The second-order valence-corrected chi connectivity index (χ2v) is 3.56. The highest BCUT2D eigenvalue weighted by Crippen LogP contribution is 2.04. The smallest absolute Gasteiger partial charge is 0.314 e. The van der Waals surface area contributed by atoms with E-state index in [1.807, 2.05) is 6.92 Å². The fraction of sp³-hybridized carbons (Fsp3) is 0.818. The minimum atomic E-state index is -0.129. The van der Waals surface area contributed by atoms with Crippen LogP contribution >= 0.6 is 0 Å². The van der Waals surface area contributed by atoms with Crippen LogP contribution in [-0.2, 0) is 4.79 Å². The Labute approximate surface area is 91.8 Å². The molecule has 0 fully saturated rings. The summed E-state index contributed by atoms with van der Waals surface area (Å²) in [6.07, 6.45) is 5.46. The molecular weight excluding hydrogens is 192 g/mol. The lowest BCUT2D eigenvalue weighted by atomic mass is 10.1. The molecule has 0 rings (SSSR count). The molecule has 0 radical (unpaired) electrons. The molecule has 0 heterocycles. The number of hydrogen-bond acceptors (Lipinski definition) is 2. The predicted molar refractivity (Wildman–Crippen MR) is 60.8 cm³/mol. The third-order valence-electron chi connectivity index (χ3n) is 2.29. The van der Waals surface area contributed by atoms with Crippen molar-refractivity contribution in [2.45, 2.75) is 45.4 Å². The maximum atomic E-state index is 11.0. The van der Waals surface area contributed by atoms with Crippen molar-refractivity contribution < 1.29 is 9.59 Å². The number of carbonyl (C=O) groups excluding carboxylic acids is 2. The molecule has 0 bridgehead atoms. The Bertz CT molecular complexity index is 173. The molecule has 2 N–H and O–H groups in total. The highest BCUT2D eigenvalue weighted by molar-refractivity contribution is 5.77. The molecule has 15 heavy (non-hydrogen) atoms. The van der Waals surface area contributed by atoms with Gasteiger partial charge in [-0.2, -0.15) is 0 Å². The highest BCUT2D eigenvalue weighted by Gasteiger charge is 1.98. The van der Waals surface area contributed by atoms with Crippen LogP contribution in [0.15, 0.2) is 0 Å². The van der Waals surface area contributed by atoms with Crippen molar-refractivity contribution in [1.29, 1.82) is 0 Å². The summed E-state index contributed by atoms with van der Waals surface area (Å²) in [5.74, 6) is 0.346. The monoisotopic (exact) mass is 214 g/mol. The summed E-state index contributed by atoms with van der Waals surface area (Å²) in [7, 11) is 1.60. The molecule has 0 aromatic rings. The third kappa shape index (κ3) is 9.25. The SMILES string of the molecule is CCC(=O)CCCCCCNC(=O)NC. The minimum Gasteiger partial charge on any atom is -0.341 e. The van der Waals surface area contributed by atoms with Crippen LogP contribution in [0.25, 0.3) is 0 Å². The largest absolute Gasteiger partial charge is 0.341 e. The van der Waals surface area contributed by atoms with Gasteiger partial charge in [0.05, 0.1) is 0 Å². The zero-order chi connectivity index (χ0) is 11.5. The molecule has 0 saturated carbocycles. The Kier molecular flexibility index (Phi) is 8.82. The van der Waals surface area contributed by atoms with E-state index >= 15 is 0 Å². The molecule has 0 unspecified atom stereocenters. The zero-order valence-corrected chi connectivity index (χ0v) is 9.77. The molecule has 88 valence electrons. The van der Waals surface area contributed by atoms with E-state index in [0.29, 0.717) is 25.2 Å². The average molecular weight is 214 g/mol. The van der Waals surface area contributed by atoms with Crippen molar-refractivity contribution >= 4 is 11.8 Å². The maximum Gasteiger partial charge on any atom is 0.314 e. The van der Waals surface area contributed by atoms with E-state index in [0.717, 1.165) is 25.7 Å². The van der Waals surface area contributed by atoms with Crippen molar-refractivity contribution in [2.24, 2.45) is 0 Å².